The van der Waals surface area contributed by atoms with E-state index in [0.717, 1.165) is 64.1 Å². The van der Waals surface area contributed by atoms with E-state index in [0.29, 0.717) is 0 Å². The number of anilines is 1. The number of benzene rings is 1. The molecule has 6 heteroatoms. The SMILES string of the molecule is c1ccc(N(Cc2nnc3n2CCCCC3)CN2CCOCC2)cc1. The molecule has 1 aromatic heterocycles. The van der Waals surface area contributed by atoms with Gasteiger partial charge in [0, 0.05) is 31.7 Å². The van der Waals surface area contributed by atoms with Gasteiger partial charge in [0.05, 0.1) is 26.4 Å². The number of hydrogen-bond donors (Lipinski definition) is 0. The number of fused-ring (bicyclic) bond motifs is 1. The van der Waals surface area contributed by atoms with Crippen molar-refractivity contribution in [2.24, 2.45) is 0 Å². The first-order chi connectivity index (χ1) is 12.4. The van der Waals surface area contributed by atoms with Crippen LogP contribution in [0, 0.1) is 0 Å². The summed E-state index contributed by atoms with van der Waals surface area (Å²) in [5.41, 5.74) is 1.24. The van der Waals surface area contributed by atoms with Gasteiger partial charge in [-0.1, -0.05) is 24.6 Å². The van der Waals surface area contributed by atoms with Crippen LogP contribution in [0.25, 0.3) is 0 Å². The first-order valence-electron chi connectivity index (χ1n) is 9.41. The van der Waals surface area contributed by atoms with E-state index >= 15 is 0 Å². The van der Waals surface area contributed by atoms with Crippen molar-refractivity contribution in [3.05, 3.63) is 42.0 Å². The Bertz CT molecular complexity index is 666. The van der Waals surface area contributed by atoms with Crippen molar-refractivity contribution in [2.75, 3.05) is 37.9 Å². The summed E-state index contributed by atoms with van der Waals surface area (Å²) in [6.07, 6.45) is 4.81. The van der Waals surface area contributed by atoms with Crippen LogP contribution in [0.3, 0.4) is 0 Å². The van der Waals surface area contributed by atoms with Crippen LogP contribution in [0.4, 0.5) is 5.69 Å². The number of ether oxygens (including phenoxy) is 1. The summed E-state index contributed by atoms with van der Waals surface area (Å²) in [5.74, 6) is 2.25. The fraction of sp³-hybridized carbons (Fsp3) is 0.579. The average molecular weight is 341 g/mol. The van der Waals surface area contributed by atoms with E-state index in [9.17, 15) is 0 Å². The summed E-state index contributed by atoms with van der Waals surface area (Å²) >= 11 is 0. The van der Waals surface area contributed by atoms with Crippen LogP contribution in [0.2, 0.25) is 0 Å². The molecule has 3 heterocycles. The Morgan fingerprint density at radius 3 is 2.64 bits per heavy atom. The van der Waals surface area contributed by atoms with Crippen LogP contribution in [0.1, 0.15) is 30.9 Å². The molecular formula is C19H27N5O. The van der Waals surface area contributed by atoms with Crippen molar-refractivity contribution in [2.45, 2.75) is 38.8 Å². The van der Waals surface area contributed by atoms with E-state index in [-0.39, 0.29) is 0 Å². The summed E-state index contributed by atoms with van der Waals surface area (Å²) in [7, 11) is 0. The Balaban J connectivity index is 1.55. The molecule has 134 valence electrons. The lowest BCUT2D eigenvalue weighted by Crippen LogP contribution is -2.44. The van der Waals surface area contributed by atoms with Gasteiger partial charge in [-0.15, -0.1) is 10.2 Å². The third kappa shape index (κ3) is 4.02. The highest BCUT2D eigenvalue weighted by atomic mass is 16.5. The van der Waals surface area contributed by atoms with E-state index in [2.05, 4.69) is 54.9 Å². The third-order valence-corrected chi connectivity index (χ3v) is 5.11. The summed E-state index contributed by atoms with van der Waals surface area (Å²) < 4.78 is 7.84. The number of aromatic nitrogens is 3. The molecule has 2 aromatic rings. The summed E-state index contributed by atoms with van der Waals surface area (Å²) in [6.45, 7) is 6.37. The average Bonchev–Trinajstić information content (AvgIpc) is 2.89. The molecule has 0 bridgehead atoms. The second-order valence-corrected chi connectivity index (χ2v) is 6.90. The Kier molecular flexibility index (Phi) is 5.28. The standard InChI is InChI=1S/C19H27N5O/c1-3-7-17(8-4-1)23(16-22-11-13-25-14-12-22)15-19-21-20-18-9-5-2-6-10-24(18)19/h1,3-4,7-8H,2,5-6,9-16H2. The van der Waals surface area contributed by atoms with Gasteiger partial charge in [0.2, 0.25) is 0 Å². The van der Waals surface area contributed by atoms with E-state index in [4.69, 9.17) is 4.74 Å². The Labute approximate surface area is 149 Å². The smallest absolute Gasteiger partial charge is 0.152 e. The normalized spacial score (nSPS) is 18.6. The fourth-order valence-corrected chi connectivity index (χ4v) is 3.68. The molecule has 1 saturated heterocycles. The van der Waals surface area contributed by atoms with Gasteiger partial charge in [-0.3, -0.25) is 4.90 Å². The van der Waals surface area contributed by atoms with Crippen molar-refractivity contribution in [3.63, 3.8) is 0 Å². The molecule has 4 rings (SSSR count). The first kappa shape index (κ1) is 16.5. The number of aryl methyl sites for hydroxylation is 1. The largest absolute Gasteiger partial charge is 0.379 e. The third-order valence-electron chi connectivity index (χ3n) is 5.11. The number of morpholine rings is 1. The van der Waals surface area contributed by atoms with Crippen molar-refractivity contribution >= 4 is 5.69 Å². The molecule has 25 heavy (non-hydrogen) atoms. The zero-order chi connectivity index (χ0) is 16.9. The zero-order valence-corrected chi connectivity index (χ0v) is 14.8. The molecule has 1 aromatic carbocycles. The summed E-state index contributed by atoms with van der Waals surface area (Å²) in [5, 5.41) is 8.99. The minimum Gasteiger partial charge on any atom is -0.379 e. The number of hydrogen-bond acceptors (Lipinski definition) is 5. The highest BCUT2D eigenvalue weighted by Gasteiger charge is 2.20. The maximum Gasteiger partial charge on any atom is 0.152 e. The molecule has 6 nitrogen and oxygen atoms in total. The highest BCUT2D eigenvalue weighted by Crippen LogP contribution is 2.20. The zero-order valence-electron chi connectivity index (χ0n) is 14.8. The lowest BCUT2D eigenvalue weighted by Gasteiger charge is -2.34. The molecule has 0 N–H and O–H groups in total. The van der Waals surface area contributed by atoms with E-state index in [1.165, 1.54) is 24.9 Å². The molecular weight excluding hydrogens is 314 g/mol. The lowest BCUT2D eigenvalue weighted by atomic mass is 10.2. The number of para-hydroxylation sites is 1. The quantitative estimate of drug-likeness (QED) is 0.835. The van der Waals surface area contributed by atoms with Crippen LogP contribution >= 0.6 is 0 Å². The van der Waals surface area contributed by atoms with Gasteiger partial charge in [0.1, 0.15) is 5.82 Å². The van der Waals surface area contributed by atoms with Gasteiger partial charge in [0.15, 0.2) is 5.82 Å². The highest BCUT2D eigenvalue weighted by molar-refractivity contribution is 5.45. The van der Waals surface area contributed by atoms with E-state index < -0.39 is 0 Å². The maximum atomic E-state index is 5.49. The van der Waals surface area contributed by atoms with E-state index in [1.54, 1.807) is 0 Å². The molecule has 0 spiro atoms. The summed E-state index contributed by atoms with van der Waals surface area (Å²) in [4.78, 5) is 4.86. The van der Waals surface area contributed by atoms with Gasteiger partial charge in [-0.05, 0) is 25.0 Å². The first-order valence-corrected chi connectivity index (χ1v) is 9.41. The van der Waals surface area contributed by atoms with Gasteiger partial charge in [-0.2, -0.15) is 0 Å². The number of rotatable bonds is 5. The van der Waals surface area contributed by atoms with Gasteiger partial charge >= 0.3 is 0 Å². The van der Waals surface area contributed by atoms with Crippen LogP contribution in [-0.4, -0.2) is 52.6 Å². The van der Waals surface area contributed by atoms with E-state index in [1.807, 2.05) is 0 Å². The van der Waals surface area contributed by atoms with Crippen molar-refractivity contribution < 1.29 is 4.74 Å². The fourth-order valence-electron chi connectivity index (χ4n) is 3.68. The molecule has 0 atom stereocenters. The monoisotopic (exact) mass is 341 g/mol. The van der Waals surface area contributed by atoms with Gasteiger partial charge < -0.3 is 14.2 Å². The minimum atomic E-state index is 0.800. The number of nitrogens with zero attached hydrogens (tertiary/aromatic N) is 5. The van der Waals surface area contributed by atoms with Gasteiger partial charge in [-0.25, -0.2) is 0 Å². The molecule has 0 aliphatic carbocycles. The maximum absolute atomic E-state index is 5.49. The second-order valence-electron chi connectivity index (χ2n) is 6.90. The van der Waals surface area contributed by atoms with Crippen LogP contribution in [0.15, 0.2) is 30.3 Å². The molecule has 0 unspecified atom stereocenters. The van der Waals surface area contributed by atoms with Crippen molar-refractivity contribution in [1.29, 1.82) is 0 Å². The Hall–Kier alpha value is -1.92. The van der Waals surface area contributed by atoms with Crippen LogP contribution < -0.4 is 4.90 Å². The van der Waals surface area contributed by atoms with Crippen LogP contribution in [0.5, 0.6) is 0 Å². The molecule has 1 fully saturated rings. The molecule has 0 saturated carbocycles. The second kappa shape index (κ2) is 7.97. The molecule has 2 aliphatic rings. The van der Waals surface area contributed by atoms with Crippen molar-refractivity contribution in [1.82, 2.24) is 19.7 Å². The lowest BCUT2D eigenvalue weighted by molar-refractivity contribution is 0.0377. The Morgan fingerprint density at radius 1 is 0.960 bits per heavy atom. The Morgan fingerprint density at radius 2 is 1.80 bits per heavy atom. The van der Waals surface area contributed by atoms with Crippen molar-refractivity contribution in [3.8, 4) is 0 Å². The molecule has 0 radical (unpaired) electrons. The summed E-state index contributed by atoms with van der Waals surface area (Å²) in [6, 6.07) is 10.6. The van der Waals surface area contributed by atoms with Crippen LogP contribution in [-0.2, 0) is 24.2 Å². The predicted octanol–water partition coefficient (Wildman–Crippen LogP) is 2.30. The van der Waals surface area contributed by atoms with Gasteiger partial charge in [0.25, 0.3) is 0 Å². The predicted molar refractivity (Wildman–Crippen MR) is 97.5 cm³/mol. The molecule has 2 aliphatic heterocycles. The topological polar surface area (TPSA) is 46.4 Å². The molecule has 0 amide bonds. The minimum absolute atomic E-state index is 0.800.